The number of nitrogens with zero attached hydrogens (tertiary/aromatic N) is 3. The molecule has 1 N–H and O–H groups in total. The van der Waals surface area contributed by atoms with Crippen LogP contribution >= 0.6 is 0 Å². The van der Waals surface area contributed by atoms with Gasteiger partial charge in [-0.15, -0.1) is 9.89 Å². The number of anilines is 1. The number of ether oxygens (including phenoxy) is 1. The minimum atomic E-state index is -0.776. The van der Waals surface area contributed by atoms with Crippen molar-refractivity contribution in [1.29, 1.82) is 0 Å². The first-order valence-corrected chi connectivity index (χ1v) is 9.97. The van der Waals surface area contributed by atoms with Crippen molar-refractivity contribution in [2.24, 2.45) is 0 Å². The largest absolute Gasteiger partial charge is 0.372 e. The van der Waals surface area contributed by atoms with Crippen molar-refractivity contribution in [2.45, 2.75) is 32.5 Å². The molecule has 2 unspecified atom stereocenters. The quantitative estimate of drug-likeness (QED) is 0.691. The SMILES string of the molecule is CC1CN(c2nn(NC(=O)Cc3cc(F)cc(F)c3)c(=O)c3ccccc23)CC(C)O1. The summed E-state index contributed by atoms with van der Waals surface area (Å²) < 4.78 is 32.6. The maximum atomic E-state index is 13.4. The molecular weight excluding hydrogens is 406 g/mol. The number of carbonyl (C=O) groups is 1. The van der Waals surface area contributed by atoms with Gasteiger partial charge in [0.2, 0.25) is 5.91 Å². The van der Waals surface area contributed by atoms with Gasteiger partial charge in [0.15, 0.2) is 5.82 Å². The summed E-state index contributed by atoms with van der Waals surface area (Å²) >= 11 is 0. The number of rotatable bonds is 4. The first kappa shape index (κ1) is 20.9. The highest BCUT2D eigenvalue weighted by atomic mass is 19.1. The van der Waals surface area contributed by atoms with E-state index in [1.165, 1.54) is 0 Å². The monoisotopic (exact) mass is 428 g/mol. The van der Waals surface area contributed by atoms with E-state index in [1.807, 2.05) is 30.9 Å². The van der Waals surface area contributed by atoms with E-state index < -0.39 is 23.1 Å². The van der Waals surface area contributed by atoms with Crippen LogP contribution in [0.2, 0.25) is 0 Å². The second-order valence-corrected chi connectivity index (χ2v) is 7.74. The molecule has 0 spiro atoms. The summed E-state index contributed by atoms with van der Waals surface area (Å²) in [6.45, 7) is 5.08. The highest BCUT2D eigenvalue weighted by Gasteiger charge is 2.26. The number of hydrogen-bond donors (Lipinski definition) is 1. The number of nitrogens with one attached hydrogen (secondary N) is 1. The van der Waals surface area contributed by atoms with Crippen molar-refractivity contribution in [1.82, 2.24) is 9.89 Å². The predicted molar refractivity (Wildman–Crippen MR) is 113 cm³/mol. The Bertz CT molecular complexity index is 1170. The maximum absolute atomic E-state index is 13.4. The van der Waals surface area contributed by atoms with Gasteiger partial charge in [-0.2, -0.15) is 0 Å². The lowest BCUT2D eigenvalue weighted by Gasteiger charge is -2.36. The number of morpholine rings is 1. The fourth-order valence-corrected chi connectivity index (χ4v) is 3.89. The number of aromatic nitrogens is 2. The summed E-state index contributed by atoms with van der Waals surface area (Å²) in [6.07, 6.45) is -0.361. The van der Waals surface area contributed by atoms with Gasteiger partial charge in [0.1, 0.15) is 11.6 Å². The molecule has 0 bridgehead atoms. The number of benzene rings is 2. The number of amides is 1. The van der Waals surface area contributed by atoms with Crippen LogP contribution in [0.3, 0.4) is 0 Å². The van der Waals surface area contributed by atoms with E-state index in [2.05, 4.69) is 10.5 Å². The van der Waals surface area contributed by atoms with Gasteiger partial charge in [-0.05, 0) is 37.6 Å². The molecule has 3 aromatic rings. The third kappa shape index (κ3) is 4.56. The zero-order valence-electron chi connectivity index (χ0n) is 17.1. The molecule has 1 saturated heterocycles. The topological polar surface area (TPSA) is 76.5 Å². The fourth-order valence-electron chi connectivity index (χ4n) is 3.89. The Balaban J connectivity index is 1.68. The van der Waals surface area contributed by atoms with E-state index in [-0.39, 0.29) is 24.2 Å². The maximum Gasteiger partial charge on any atom is 0.294 e. The minimum absolute atomic E-state index is 0.0258. The molecule has 7 nitrogen and oxygen atoms in total. The molecule has 1 aromatic heterocycles. The first-order chi connectivity index (χ1) is 14.8. The summed E-state index contributed by atoms with van der Waals surface area (Å²) in [6, 6.07) is 9.91. The Morgan fingerprint density at radius 2 is 1.71 bits per heavy atom. The van der Waals surface area contributed by atoms with Crippen LogP contribution in [0.1, 0.15) is 19.4 Å². The molecule has 2 heterocycles. The smallest absolute Gasteiger partial charge is 0.294 e. The standard InChI is InChI=1S/C22H22F2N4O3/c1-13-11-27(12-14(2)31-13)21-18-5-3-4-6-19(18)22(30)28(26-21)25-20(29)9-15-7-16(23)10-17(24)8-15/h3-8,10,13-14H,9,11-12H2,1-2H3,(H,25,29). The molecule has 1 fully saturated rings. The van der Waals surface area contributed by atoms with Crippen molar-refractivity contribution < 1.29 is 18.3 Å². The molecule has 1 aliphatic heterocycles. The number of fused-ring (bicyclic) bond motifs is 1. The molecule has 1 amide bonds. The van der Waals surface area contributed by atoms with Crippen molar-refractivity contribution >= 4 is 22.5 Å². The van der Waals surface area contributed by atoms with E-state index in [0.29, 0.717) is 29.7 Å². The van der Waals surface area contributed by atoms with E-state index in [9.17, 15) is 18.4 Å². The van der Waals surface area contributed by atoms with Crippen molar-refractivity contribution in [3.63, 3.8) is 0 Å². The Labute approximate surface area is 177 Å². The summed E-state index contributed by atoms with van der Waals surface area (Å²) in [5.74, 6) is -1.62. The summed E-state index contributed by atoms with van der Waals surface area (Å²) in [5, 5.41) is 5.48. The van der Waals surface area contributed by atoms with Gasteiger partial charge in [0.25, 0.3) is 5.56 Å². The van der Waals surface area contributed by atoms with E-state index in [1.54, 1.807) is 12.1 Å². The van der Waals surface area contributed by atoms with Gasteiger partial charge >= 0.3 is 0 Å². The fraction of sp³-hybridized carbons (Fsp3) is 0.318. The molecule has 0 radical (unpaired) electrons. The molecule has 9 heteroatoms. The second-order valence-electron chi connectivity index (χ2n) is 7.74. The molecule has 2 atom stereocenters. The van der Waals surface area contributed by atoms with Crippen LogP contribution in [0.4, 0.5) is 14.6 Å². The average molecular weight is 428 g/mol. The third-order valence-electron chi connectivity index (χ3n) is 5.02. The van der Waals surface area contributed by atoms with E-state index in [4.69, 9.17) is 4.74 Å². The minimum Gasteiger partial charge on any atom is -0.372 e. The van der Waals surface area contributed by atoms with E-state index >= 15 is 0 Å². The molecule has 4 rings (SSSR count). The van der Waals surface area contributed by atoms with Crippen molar-refractivity contribution in [2.75, 3.05) is 23.4 Å². The highest BCUT2D eigenvalue weighted by Crippen LogP contribution is 2.25. The highest BCUT2D eigenvalue weighted by molar-refractivity contribution is 5.92. The van der Waals surface area contributed by atoms with Crippen LogP contribution in [-0.4, -0.2) is 41.1 Å². The Kier molecular flexibility index (Phi) is 5.69. The lowest BCUT2D eigenvalue weighted by atomic mass is 10.1. The molecule has 2 aromatic carbocycles. The zero-order valence-corrected chi connectivity index (χ0v) is 17.1. The number of halogens is 2. The van der Waals surface area contributed by atoms with Gasteiger partial charge < -0.3 is 9.64 Å². The molecule has 162 valence electrons. The Morgan fingerprint density at radius 3 is 2.35 bits per heavy atom. The molecule has 0 aliphatic carbocycles. The molecule has 31 heavy (non-hydrogen) atoms. The lowest BCUT2D eigenvalue weighted by Crippen LogP contribution is -2.47. The van der Waals surface area contributed by atoms with Crippen LogP contribution in [-0.2, 0) is 16.0 Å². The number of hydrogen-bond acceptors (Lipinski definition) is 5. The van der Waals surface area contributed by atoms with Crippen LogP contribution < -0.4 is 15.9 Å². The van der Waals surface area contributed by atoms with Gasteiger partial charge in [0, 0.05) is 24.5 Å². The van der Waals surface area contributed by atoms with Crippen LogP contribution in [0, 0.1) is 11.6 Å². The van der Waals surface area contributed by atoms with Gasteiger partial charge in [-0.1, -0.05) is 18.2 Å². The van der Waals surface area contributed by atoms with Crippen molar-refractivity contribution in [3.05, 3.63) is 70.0 Å². The van der Waals surface area contributed by atoms with Gasteiger partial charge in [0.05, 0.1) is 24.0 Å². The second kappa shape index (κ2) is 8.43. The Morgan fingerprint density at radius 1 is 1.10 bits per heavy atom. The van der Waals surface area contributed by atoms with Crippen LogP contribution in [0.5, 0.6) is 0 Å². The van der Waals surface area contributed by atoms with Gasteiger partial charge in [-0.25, -0.2) is 14.2 Å². The average Bonchev–Trinajstić information content (AvgIpc) is 2.68. The summed E-state index contributed by atoms with van der Waals surface area (Å²) in [4.78, 5) is 28.3. The zero-order chi connectivity index (χ0) is 22.1. The normalized spacial score (nSPS) is 18.9. The summed E-state index contributed by atoms with van der Waals surface area (Å²) in [5.41, 5.74) is 2.10. The lowest BCUT2D eigenvalue weighted by molar-refractivity contribution is -0.116. The number of carbonyl (C=O) groups excluding carboxylic acids is 1. The van der Waals surface area contributed by atoms with Crippen LogP contribution in [0.15, 0.2) is 47.3 Å². The van der Waals surface area contributed by atoms with Crippen LogP contribution in [0.25, 0.3) is 10.8 Å². The van der Waals surface area contributed by atoms with E-state index in [0.717, 1.165) is 23.0 Å². The molecule has 0 saturated carbocycles. The Hall–Kier alpha value is -3.33. The van der Waals surface area contributed by atoms with Gasteiger partial charge in [-0.3, -0.25) is 9.59 Å². The molecular formula is C22H22F2N4O3. The van der Waals surface area contributed by atoms with Crippen molar-refractivity contribution in [3.8, 4) is 0 Å². The summed E-state index contributed by atoms with van der Waals surface area (Å²) in [7, 11) is 0. The molecule has 1 aliphatic rings. The predicted octanol–water partition coefficient (Wildman–Crippen LogP) is 2.60. The first-order valence-electron chi connectivity index (χ1n) is 9.97. The third-order valence-corrected chi connectivity index (χ3v) is 5.02.